The number of halogens is 1. The van der Waals surface area contributed by atoms with E-state index in [-0.39, 0.29) is 35.1 Å². The first kappa shape index (κ1) is 24.4. The maximum Gasteiger partial charge on any atom is 0.332 e. The highest BCUT2D eigenvalue weighted by Gasteiger charge is 2.19. The third-order valence-electron chi connectivity index (χ3n) is 4.75. The average Bonchev–Trinajstić information content (AvgIpc) is 3.30. The smallest absolute Gasteiger partial charge is 0.331 e. The summed E-state index contributed by atoms with van der Waals surface area (Å²) in [5.41, 5.74) is 5.87. The molecule has 0 radical (unpaired) electrons. The van der Waals surface area contributed by atoms with Crippen LogP contribution in [0.5, 0.6) is 0 Å². The molecule has 4 N–H and O–H groups in total. The summed E-state index contributed by atoms with van der Waals surface area (Å²) >= 11 is 0. The summed E-state index contributed by atoms with van der Waals surface area (Å²) in [5.74, 6) is 0.608. The molecule has 0 atom stereocenters. The van der Waals surface area contributed by atoms with Gasteiger partial charge in [0.2, 0.25) is 5.91 Å². The Labute approximate surface area is 185 Å². The standard InChI is InChI=1S/C19H28N8O3.ClH/c1-4-9-26-17-15(18(29)27(10-5-2)19(26)30)22-16(23-17)12-11-13(24-25(12)3)21-14(28)7-6-8-20;/h11H,4-10,20H2,1-3H3,(H,22,23)(H,21,24,28);1H. The number of rotatable bonds is 9. The number of fused-ring (bicyclic) bond motifs is 1. The van der Waals surface area contributed by atoms with E-state index in [4.69, 9.17) is 5.73 Å². The lowest BCUT2D eigenvalue weighted by Crippen LogP contribution is -2.40. The fourth-order valence-corrected chi connectivity index (χ4v) is 3.35. The van der Waals surface area contributed by atoms with Crippen molar-refractivity contribution in [3.63, 3.8) is 0 Å². The number of nitrogens with two attached hydrogens (primary N) is 1. The van der Waals surface area contributed by atoms with Crippen LogP contribution in [0.15, 0.2) is 15.7 Å². The van der Waals surface area contributed by atoms with E-state index in [2.05, 4.69) is 20.4 Å². The third kappa shape index (κ3) is 4.88. The molecule has 0 unspecified atom stereocenters. The lowest BCUT2D eigenvalue weighted by Gasteiger charge is -2.09. The highest BCUT2D eigenvalue weighted by molar-refractivity contribution is 5.90. The van der Waals surface area contributed by atoms with Crippen molar-refractivity contribution in [2.24, 2.45) is 12.8 Å². The topological polar surface area (TPSA) is 146 Å². The first-order valence-electron chi connectivity index (χ1n) is 10.2. The van der Waals surface area contributed by atoms with Crippen molar-refractivity contribution in [1.29, 1.82) is 0 Å². The molecule has 0 aliphatic rings. The SMILES string of the molecule is CCCn1c(=O)c2[nH]c(-c3cc(NC(=O)CCCN)nn3C)nc2n(CCC)c1=O.Cl. The molecule has 3 aromatic rings. The number of carbonyl (C=O) groups excluding carboxylic acids is 1. The maximum atomic E-state index is 12.9. The summed E-state index contributed by atoms with van der Waals surface area (Å²) in [7, 11) is 1.71. The second-order valence-electron chi connectivity index (χ2n) is 7.15. The highest BCUT2D eigenvalue weighted by Crippen LogP contribution is 2.21. The number of amides is 1. The van der Waals surface area contributed by atoms with Gasteiger partial charge in [0.05, 0.1) is 0 Å². The zero-order chi connectivity index (χ0) is 21.8. The molecule has 0 aliphatic heterocycles. The van der Waals surface area contributed by atoms with Crippen LogP contribution in [0, 0.1) is 0 Å². The number of hydrogen-bond acceptors (Lipinski definition) is 6. The highest BCUT2D eigenvalue weighted by atomic mass is 35.5. The molecule has 0 aromatic carbocycles. The van der Waals surface area contributed by atoms with E-state index in [9.17, 15) is 14.4 Å². The molecule has 0 aliphatic carbocycles. The van der Waals surface area contributed by atoms with E-state index in [0.29, 0.717) is 61.9 Å². The van der Waals surface area contributed by atoms with Crippen molar-refractivity contribution >= 4 is 35.3 Å². The molecule has 12 heteroatoms. The number of hydrogen-bond donors (Lipinski definition) is 3. The van der Waals surface area contributed by atoms with Crippen LogP contribution in [0.2, 0.25) is 0 Å². The number of aromatic amines is 1. The number of anilines is 1. The molecule has 3 heterocycles. The molecule has 0 spiro atoms. The largest absolute Gasteiger partial charge is 0.332 e. The Morgan fingerprint density at radius 2 is 1.87 bits per heavy atom. The van der Waals surface area contributed by atoms with E-state index >= 15 is 0 Å². The zero-order valence-corrected chi connectivity index (χ0v) is 18.8. The van der Waals surface area contributed by atoms with Crippen molar-refractivity contribution in [1.82, 2.24) is 28.9 Å². The van der Waals surface area contributed by atoms with E-state index in [0.717, 1.165) is 6.42 Å². The summed E-state index contributed by atoms with van der Waals surface area (Å²) in [5, 5.41) is 7.02. The number of nitrogens with zero attached hydrogens (tertiary/aromatic N) is 5. The predicted molar refractivity (Wildman–Crippen MR) is 122 cm³/mol. The summed E-state index contributed by atoms with van der Waals surface area (Å²) in [6, 6.07) is 1.67. The maximum absolute atomic E-state index is 12.9. The zero-order valence-electron chi connectivity index (χ0n) is 18.0. The lowest BCUT2D eigenvalue weighted by atomic mass is 10.3. The number of aryl methyl sites for hydroxylation is 2. The monoisotopic (exact) mass is 452 g/mol. The summed E-state index contributed by atoms with van der Waals surface area (Å²) in [6.45, 7) is 5.11. The number of imidazole rings is 1. The summed E-state index contributed by atoms with van der Waals surface area (Å²) in [6.07, 6.45) is 2.30. The van der Waals surface area contributed by atoms with E-state index in [1.165, 1.54) is 9.13 Å². The van der Waals surface area contributed by atoms with Gasteiger partial charge in [0.1, 0.15) is 11.2 Å². The van der Waals surface area contributed by atoms with Crippen LogP contribution < -0.4 is 22.3 Å². The van der Waals surface area contributed by atoms with Gasteiger partial charge in [-0.15, -0.1) is 12.4 Å². The van der Waals surface area contributed by atoms with Gasteiger partial charge < -0.3 is 16.0 Å². The third-order valence-corrected chi connectivity index (χ3v) is 4.75. The minimum Gasteiger partial charge on any atom is -0.331 e. The Balaban J connectivity index is 0.00000341. The van der Waals surface area contributed by atoms with Crippen molar-refractivity contribution in [2.45, 2.75) is 52.6 Å². The molecule has 1 amide bonds. The van der Waals surface area contributed by atoms with Crippen molar-refractivity contribution < 1.29 is 4.79 Å². The molecule has 11 nitrogen and oxygen atoms in total. The number of nitrogens with one attached hydrogen (secondary N) is 2. The minimum atomic E-state index is -0.388. The van der Waals surface area contributed by atoms with Gasteiger partial charge in [-0.05, 0) is 25.8 Å². The summed E-state index contributed by atoms with van der Waals surface area (Å²) < 4.78 is 4.33. The van der Waals surface area contributed by atoms with Crippen molar-refractivity contribution in [3.05, 3.63) is 26.9 Å². The van der Waals surface area contributed by atoms with Gasteiger partial charge in [0.25, 0.3) is 5.56 Å². The predicted octanol–water partition coefficient (Wildman–Crippen LogP) is 1.21. The van der Waals surface area contributed by atoms with Crippen LogP contribution in [0.4, 0.5) is 5.82 Å². The quantitative estimate of drug-likeness (QED) is 0.444. The molecule has 0 saturated carbocycles. The molecule has 0 saturated heterocycles. The lowest BCUT2D eigenvalue weighted by molar-refractivity contribution is -0.116. The molecular formula is C19H29ClN8O3. The van der Waals surface area contributed by atoms with Crippen LogP contribution in [0.25, 0.3) is 22.7 Å². The first-order valence-corrected chi connectivity index (χ1v) is 10.2. The van der Waals surface area contributed by atoms with Gasteiger partial charge >= 0.3 is 5.69 Å². The number of aromatic nitrogens is 6. The Kier molecular flexibility index (Phi) is 8.17. The fraction of sp³-hybridized carbons (Fsp3) is 0.526. The molecule has 3 aromatic heterocycles. The van der Waals surface area contributed by atoms with Gasteiger partial charge in [-0.2, -0.15) is 5.10 Å². The van der Waals surface area contributed by atoms with Gasteiger partial charge in [0, 0.05) is 32.6 Å². The van der Waals surface area contributed by atoms with Crippen LogP contribution >= 0.6 is 12.4 Å². The van der Waals surface area contributed by atoms with Gasteiger partial charge in [0.15, 0.2) is 17.3 Å². The Morgan fingerprint density at radius 3 is 2.52 bits per heavy atom. The minimum absolute atomic E-state index is 0. The van der Waals surface area contributed by atoms with Crippen molar-refractivity contribution in [2.75, 3.05) is 11.9 Å². The second-order valence-corrected chi connectivity index (χ2v) is 7.15. The second kappa shape index (κ2) is 10.4. The van der Waals surface area contributed by atoms with Crippen molar-refractivity contribution in [3.8, 4) is 11.5 Å². The van der Waals surface area contributed by atoms with Gasteiger partial charge in [-0.1, -0.05) is 13.8 Å². The fourth-order valence-electron chi connectivity index (χ4n) is 3.35. The van der Waals surface area contributed by atoms with Gasteiger partial charge in [-0.3, -0.25) is 23.4 Å². The van der Waals surface area contributed by atoms with E-state index < -0.39 is 0 Å². The Bertz CT molecular complexity index is 1170. The molecule has 0 bridgehead atoms. The average molecular weight is 453 g/mol. The number of carbonyl (C=O) groups is 1. The van der Waals surface area contributed by atoms with Crippen LogP contribution in [-0.4, -0.2) is 41.3 Å². The van der Waals surface area contributed by atoms with Crippen LogP contribution in [0.1, 0.15) is 39.5 Å². The first-order chi connectivity index (χ1) is 14.4. The molecular weight excluding hydrogens is 424 g/mol. The van der Waals surface area contributed by atoms with Crippen LogP contribution in [-0.2, 0) is 24.9 Å². The normalized spacial score (nSPS) is 11.0. The Hall–Kier alpha value is -2.92. The number of H-pyrrole nitrogens is 1. The van der Waals surface area contributed by atoms with E-state index in [1.807, 2.05) is 13.8 Å². The van der Waals surface area contributed by atoms with Gasteiger partial charge in [-0.25, -0.2) is 9.78 Å². The Morgan fingerprint density at radius 1 is 1.19 bits per heavy atom. The van der Waals surface area contributed by atoms with Crippen LogP contribution in [0.3, 0.4) is 0 Å². The van der Waals surface area contributed by atoms with E-state index in [1.54, 1.807) is 17.8 Å². The molecule has 170 valence electrons. The molecule has 31 heavy (non-hydrogen) atoms. The molecule has 0 fully saturated rings. The summed E-state index contributed by atoms with van der Waals surface area (Å²) in [4.78, 5) is 45.2. The molecule has 3 rings (SSSR count).